The minimum atomic E-state index is -0.460. The van der Waals surface area contributed by atoms with Crippen LogP contribution in [-0.4, -0.2) is 23.4 Å². The van der Waals surface area contributed by atoms with Gasteiger partial charge in [-0.05, 0) is 25.7 Å². The summed E-state index contributed by atoms with van der Waals surface area (Å²) < 4.78 is 10.5. The van der Waals surface area contributed by atoms with Gasteiger partial charge in [0, 0.05) is 19.1 Å². The van der Waals surface area contributed by atoms with E-state index in [1.807, 2.05) is 0 Å². The Kier molecular flexibility index (Phi) is 2.03. The lowest BCUT2D eigenvalue weighted by Gasteiger charge is -2.29. The molecule has 0 spiro atoms. The number of nitrogens with two attached hydrogens (primary N) is 1. The van der Waals surface area contributed by atoms with Crippen molar-refractivity contribution in [2.75, 3.05) is 13.2 Å². The van der Waals surface area contributed by atoms with Crippen LogP contribution in [0.15, 0.2) is 4.52 Å². The molecule has 1 saturated heterocycles. The first-order valence-corrected chi connectivity index (χ1v) is 5.49. The van der Waals surface area contributed by atoms with E-state index in [1.165, 1.54) is 12.8 Å². The first-order chi connectivity index (χ1) is 7.28. The Balaban J connectivity index is 1.83. The molecule has 0 atom stereocenters. The second-order valence-electron chi connectivity index (χ2n) is 4.50. The van der Waals surface area contributed by atoms with Gasteiger partial charge < -0.3 is 15.0 Å². The summed E-state index contributed by atoms with van der Waals surface area (Å²) in [5, 5.41) is 3.99. The van der Waals surface area contributed by atoms with Crippen molar-refractivity contribution >= 4 is 0 Å². The SMILES string of the molecule is NC1(c2nc(C3CC3)no2)CCOCC1. The summed E-state index contributed by atoms with van der Waals surface area (Å²) in [5.74, 6) is 1.94. The first kappa shape index (κ1) is 9.30. The summed E-state index contributed by atoms with van der Waals surface area (Å²) >= 11 is 0. The molecule has 0 unspecified atom stereocenters. The Morgan fingerprint density at radius 3 is 2.67 bits per heavy atom. The van der Waals surface area contributed by atoms with Crippen LogP contribution in [-0.2, 0) is 10.3 Å². The van der Waals surface area contributed by atoms with Crippen molar-refractivity contribution in [2.45, 2.75) is 37.1 Å². The molecule has 2 aliphatic rings. The molecule has 0 radical (unpaired) electrons. The third kappa shape index (κ3) is 1.66. The fourth-order valence-corrected chi connectivity index (χ4v) is 1.89. The summed E-state index contributed by atoms with van der Waals surface area (Å²) in [6.45, 7) is 1.36. The molecule has 82 valence electrons. The first-order valence-electron chi connectivity index (χ1n) is 5.49. The average molecular weight is 209 g/mol. The highest BCUT2D eigenvalue weighted by molar-refractivity contribution is 5.08. The van der Waals surface area contributed by atoms with Crippen LogP contribution in [0.2, 0.25) is 0 Å². The van der Waals surface area contributed by atoms with Gasteiger partial charge >= 0.3 is 0 Å². The molecule has 0 bridgehead atoms. The fraction of sp³-hybridized carbons (Fsp3) is 0.800. The van der Waals surface area contributed by atoms with Crippen LogP contribution in [0.5, 0.6) is 0 Å². The van der Waals surface area contributed by atoms with Gasteiger partial charge in [0.25, 0.3) is 0 Å². The number of rotatable bonds is 2. The zero-order valence-electron chi connectivity index (χ0n) is 8.61. The average Bonchev–Trinajstić information content (AvgIpc) is 2.97. The molecule has 2 heterocycles. The summed E-state index contributed by atoms with van der Waals surface area (Å²) in [7, 11) is 0. The predicted octanol–water partition coefficient (Wildman–Crippen LogP) is 0.911. The van der Waals surface area contributed by atoms with Crippen molar-refractivity contribution in [3.63, 3.8) is 0 Å². The van der Waals surface area contributed by atoms with Crippen LogP contribution in [0, 0.1) is 0 Å². The third-order valence-electron chi connectivity index (χ3n) is 3.20. The molecule has 3 rings (SSSR count). The molecule has 5 heteroatoms. The summed E-state index contributed by atoms with van der Waals surface area (Å²) in [6, 6.07) is 0. The molecule has 1 aliphatic carbocycles. The number of hydrogen-bond acceptors (Lipinski definition) is 5. The van der Waals surface area contributed by atoms with E-state index in [-0.39, 0.29) is 0 Å². The van der Waals surface area contributed by atoms with Crippen molar-refractivity contribution in [3.8, 4) is 0 Å². The predicted molar refractivity (Wildman–Crippen MR) is 52.2 cm³/mol. The number of nitrogens with zero attached hydrogens (tertiary/aromatic N) is 2. The normalized spacial score (nSPS) is 25.4. The zero-order chi connectivity index (χ0) is 10.3. The van der Waals surface area contributed by atoms with Crippen LogP contribution in [0.25, 0.3) is 0 Å². The molecular weight excluding hydrogens is 194 g/mol. The maximum atomic E-state index is 6.24. The highest BCUT2D eigenvalue weighted by Crippen LogP contribution is 2.39. The van der Waals surface area contributed by atoms with Crippen molar-refractivity contribution < 1.29 is 9.26 Å². The Hall–Kier alpha value is -0.940. The standard InChI is InChI=1S/C10H15N3O2/c11-10(3-5-14-6-4-10)9-12-8(13-15-9)7-1-2-7/h7H,1-6,11H2. The van der Waals surface area contributed by atoms with Crippen molar-refractivity contribution in [1.82, 2.24) is 10.1 Å². The molecule has 1 aromatic heterocycles. The van der Waals surface area contributed by atoms with E-state index in [4.69, 9.17) is 15.0 Å². The molecule has 1 aliphatic heterocycles. The molecule has 2 fully saturated rings. The lowest BCUT2D eigenvalue weighted by molar-refractivity contribution is 0.0400. The topological polar surface area (TPSA) is 74.2 Å². The Labute approximate surface area is 88.0 Å². The van der Waals surface area contributed by atoms with Crippen molar-refractivity contribution in [1.29, 1.82) is 0 Å². The van der Waals surface area contributed by atoms with Crippen LogP contribution in [0.4, 0.5) is 0 Å². The van der Waals surface area contributed by atoms with Crippen molar-refractivity contribution in [3.05, 3.63) is 11.7 Å². The number of hydrogen-bond donors (Lipinski definition) is 1. The van der Waals surface area contributed by atoms with Crippen LogP contribution in [0.3, 0.4) is 0 Å². The maximum absolute atomic E-state index is 6.24. The largest absolute Gasteiger partial charge is 0.381 e. The molecule has 0 aromatic carbocycles. The van der Waals surface area contributed by atoms with Gasteiger partial charge in [-0.2, -0.15) is 4.98 Å². The van der Waals surface area contributed by atoms with Gasteiger partial charge in [0.1, 0.15) is 5.54 Å². The van der Waals surface area contributed by atoms with Gasteiger partial charge in [0.2, 0.25) is 5.89 Å². The van der Waals surface area contributed by atoms with Crippen LogP contribution in [0.1, 0.15) is 43.3 Å². The smallest absolute Gasteiger partial charge is 0.246 e. The molecular formula is C10H15N3O2. The third-order valence-corrected chi connectivity index (χ3v) is 3.20. The molecule has 1 saturated carbocycles. The summed E-state index contributed by atoms with van der Waals surface area (Å²) in [4.78, 5) is 4.41. The van der Waals surface area contributed by atoms with E-state index in [2.05, 4.69) is 10.1 Å². The molecule has 0 amide bonds. The minimum absolute atomic E-state index is 0.460. The molecule has 15 heavy (non-hydrogen) atoms. The number of ether oxygens (including phenoxy) is 1. The Morgan fingerprint density at radius 2 is 2.00 bits per heavy atom. The van der Waals surface area contributed by atoms with E-state index in [1.54, 1.807) is 0 Å². The summed E-state index contributed by atoms with van der Waals surface area (Å²) in [6.07, 6.45) is 3.89. The number of aromatic nitrogens is 2. The van der Waals surface area contributed by atoms with E-state index in [0.29, 0.717) is 25.0 Å². The Bertz CT molecular complexity index is 353. The van der Waals surface area contributed by atoms with Gasteiger partial charge in [0.15, 0.2) is 5.82 Å². The van der Waals surface area contributed by atoms with Crippen molar-refractivity contribution in [2.24, 2.45) is 5.73 Å². The Morgan fingerprint density at radius 1 is 1.27 bits per heavy atom. The molecule has 2 N–H and O–H groups in total. The highest BCUT2D eigenvalue weighted by Gasteiger charge is 2.37. The van der Waals surface area contributed by atoms with E-state index < -0.39 is 5.54 Å². The van der Waals surface area contributed by atoms with Gasteiger partial charge in [-0.25, -0.2) is 0 Å². The summed E-state index contributed by atoms with van der Waals surface area (Å²) in [5.41, 5.74) is 5.78. The van der Waals surface area contributed by atoms with Gasteiger partial charge in [-0.1, -0.05) is 5.16 Å². The van der Waals surface area contributed by atoms with Crippen LogP contribution >= 0.6 is 0 Å². The maximum Gasteiger partial charge on any atom is 0.246 e. The minimum Gasteiger partial charge on any atom is -0.381 e. The van der Waals surface area contributed by atoms with Gasteiger partial charge in [-0.3, -0.25) is 0 Å². The zero-order valence-corrected chi connectivity index (χ0v) is 8.61. The lowest BCUT2D eigenvalue weighted by atomic mass is 9.91. The van der Waals surface area contributed by atoms with Gasteiger partial charge in [-0.15, -0.1) is 0 Å². The van der Waals surface area contributed by atoms with Crippen LogP contribution < -0.4 is 5.73 Å². The second kappa shape index (κ2) is 3.28. The monoisotopic (exact) mass is 209 g/mol. The lowest BCUT2D eigenvalue weighted by Crippen LogP contribution is -2.42. The quantitative estimate of drug-likeness (QED) is 0.783. The molecule has 1 aromatic rings. The van der Waals surface area contributed by atoms with Gasteiger partial charge in [0.05, 0.1) is 0 Å². The fourth-order valence-electron chi connectivity index (χ4n) is 1.89. The van der Waals surface area contributed by atoms with E-state index in [0.717, 1.165) is 18.7 Å². The van der Waals surface area contributed by atoms with E-state index >= 15 is 0 Å². The van der Waals surface area contributed by atoms with E-state index in [9.17, 15) is 0 Å². The second-order valence-corrected chi connectivity index (χ2v) is 4.50. The highest BCUT2D eigenvalue weighted by atomic mass is 16.5. The molecule has 5 nitrogen and oxygen atoms in total.